The molecule has 0 bridgehead atoms. The van der Waals surface area contributed by atoms with Crippen molar-refractivity contribution in [1.82, 2.24) is 10.3 Å². The predicted octanol–water partition coefficient (Wildman–Crippen LogP) is 2.57. The topological polar surface area (TPSA) is 68.0 Å². The molecular weight excluding hydrogens is 270 g/mol. The maximum absolute atomic E-state index is 12.6. The molecule has 1 aromatic rings. The highest BCUT2D eigenvalue weighted by molar-refractivity contribution is 7.09. The van der Waals surface area contributed by atoms with Crippen LogP contribution in [0.15, 0.2) is 5.38 Å². The van der Waals surface area contributed by atoms with Gasteiger partial charge in [-0.05, 0) is 45.6 Å². The third-order valence-corrected chi connectivity index (χ3v) is 5.72. The molecule has 0 saturated heterocycles. The van der Waals surface area contributed by atoms with Gasteiger partial charge in [0, 0.05) is 17.0 Å². The van der Waals surface area contributed by atoms with E-state index in [1.54, 1.807) is 11.3 Å². The molecule has 1 heterocycles. The summed E-state index contributed by atoms with van der Waals surface area (Å²) in [5.41, 5.74) is 6.43. The van der Waals surface area contributed by atoms with Crippen molar-refractivity contribution in [2.45, 2.75) is 52.0 Å². The van der Waals surface area contributed by atoms with Gasteiger partial charge in [0.25, 0.3) is 0 Å². The van der Waals surface area contributed by atoms with E-state index in [1.165, 1.54) is 0 Å². The molecule has 3 N–H and O–H groups in total. The van der Waals surface area contributed by atoms with Crippen LogP contribution in [0.25, 0.3) is 0 Å². The number of hydrogen-bond donors (Lipinski definition) is 2. The summed E-state index contributed by atoms with van der Waals surface area (Å²) >= 11 is 1.62. The minimum atomic E-state index is -0.363. The molecule has 1 unspecified atom stereocenters. The van der Waals surface area contributed by atoms with Gasteiger partial charge in [-0.15, -0.1) is 11.3 Å². The lowest BCUT2D eigenvalue weighted by Gasteiger charge is -2.30. The van der Waals surface area contributed by atoms with E-state index in [9.17, 15) is 4.79 Å². The normalized spacial score (nSPS) is 25.4. The summed E-state index contributed by atoms with van der Waals surface area (Å²) < 4.78 is 0. The first-order chi connectivity index (χ1) is 9.50. The van der Waals surface area contributed by atoms with Gasteiger partial charge in [-0.2, -0.15) is 0 Å². The van der Waals surface area contributed by atoms with Crippen LogP contribution >= 0.6 is 11.3 Å². The molecule has 112 valence electrons. The zero-order valence-electron chi connectivity index (χ0n) is 12.6. The van der Waals surface area contributed by atoms with Gasteiger partial charge in [-0.1, -0.05) is 13.3 Å². The van der Waals surface area contributed by atoms with E-state index < -0.39 is 0 Å². The van der Waals surface area contributed by atoms with E-state index in [-0.39, 0.29) is 17.4 Å². The molecule has 0 aromatic carbocycles. The van der Waals surface area contributed by atoms with Gasteiger partial charge in [0.05, 0.1) is 5.54 Å². The third kappa shape index (κ3) is 3.04. The highest BCUT2D eigenvalue weighted by Crippen LogP contribution is 2.33. The van der Waals surface area contributed by atoms with Crippen molar-refractivity contribution in [2.75, 3.05) is 6.54 Å². The Morgan fingerprint density at radius 3 is 2.90 bits per heavy atom. The van der Waals surface area contributed by atoms with Gasteiger partial charge >= 0.3 is 0 Å². The van der Waals surface area contributed by atoms with Crippen LogP contribution in [0.5, 0.6) is 0 Å². The molecule has 4 nitrogen and oxygen atoms in total. The third-order valence-electron chi connectivity index (χ3n) is 4.50. The number of hydrogen-bond acceptors (Lipinski definition) is 4. The van der Waals surface area contributed by atoms with E-state index in [0.29, 0.717) is 12.5 Å². The Kier molecular flexibility index (Phi) is 4.81. The highest BCUT2D eigenvalue weighted by Gasteiger charge is 2.37. The summed E-state index contributed by atoms with van der Waals surface area (Å²) in [6.45, 7) is 6.75. The van der Waals surface area contributed by atoms with Crippen LogP contribution in [0.1, 0.15) is 50.2 Å². The number of aromatic nitrogens is 1. The predicted molar refractivity (Wildman–Crippen MR) is 82.5 cm³/mol. The Balaban J connectivity index is 2.11. The van der Waals surface area contributed by atoms with Gasteiger partial charge in [0.2, 0.25) is 5.91 Å². The lowest BCUT2D eigenvalue weighted by Crippen LogP contribution is -2.47. The van der Waals surface area contributed by atoms with Crippen LogP contribution in [-0.2, 0) is 10.3 Å². The second-order valence-corrected chi connectivity index (χ2v) is 6.86. The first-order valence-electron chi connectivity index (χ1n) is 7.45. The summed E-state index contributed by atoms with van der Waals surface area (Å²) in [6, 6.07) is 0. The summed E-state index contributed by atoms with van der Waals surface area (Å²) in [5, 5.41) is 6.26. The van der Waals surface area contributed by atoms with Crippen molar-refractivity contribution in [3.8, 4) is 0 Å². The lowest BCUT2D eigenvalue weighted by atomic mass is 9.92. The molecular formula is C15H25N3OS. The first kappa shape index (κ1) is 15.4. The van der Waals surface area contributed by atoms with E-state index in [0.717, 1.165) is 36.4 Å². The van der Waals surface area contributed by atoms with Crippen LogP contribution < -0.4 is 11.1 Å². The van der Waals surface area contributed by atoms with Gasteiger partial charge in [0.1, 0.15) is 5.01 Å². The first-order valence-corrected chi connectivity index (χ1v) is 8.33. The highest BCUT2D eigenvalue weighted by atomic mass is 32.1. The standard InChI is InChI=1S/C15H25N3OS/c1-4-15(3,14-17-10(2)9-20-14)18-13(19)12-7-5-6-11(12)8-16/h9,11-12H,4-8,16H2,1-3H3,(H,18,19)/t11-,12-,15?/m1/s1. The van der Waals surface area contributed by atoms with Crippen LogP contribution in [-0.4, -0.2) is 17.4 Å². The number of nitrogens with zero attached hydrogens (tertiary/aromatic N) is 1. The lowest BCUT2D eigenvalue weighted by molar-refractivity contribution is -0.128. The quantitative estimate of drug-likeness (QED) is 0.877. The fourth-order valence-corrected chi connectivity index (χ4v) is 3.92. The number of thiazole rings is 1. The smallest absolute Gasteiger partial charge is 0.224 e. The van der Waals surface area contributed by atoms with E-state index >= 15 is 0 Å². The minimum absolute atomic E-state index is 0.0759. The molecule has 1 saturated carbocycles. The number of carbonyl (C=O) groups excluding carboxylic acids is 1. The molecule has 1 aliphatic carbocycles. The largest absolute Gasteiger partial charge is 0.344 e. The van der Waals surface area contributed by atoms with Gasteiger partial charge in [-0.3, -0.25) is 4.79 Å². The number of nitrogens with one attached hydrogen (secondary N) is 1. The van der Waals surface area contributed by atoms with Gasteiger partial charge < -0.3 is 11.1 Å². The maximum atomic E-state index is 12.6. The van der Waals surface area contributed by atoms with Crippen LogP contribution in [0.2, 0.25) is 0 Å². The van der Waals surface area contributed by atoms with Crippen molar-refractivity contribution >= 4 is 17.2 Å². The van der Waals surface area contributed by atoms with Gasteiger partial charge in [-0.25, -0.2) is 4.98 Å². The zero-order valence-corrected chi connectivity index (χ0v) is 13.4. The average Bonchev–Trinajstić information content (AvgIpc) is 3.06. The summed E-state index contributed by atoms with van der Waals surface area (Å²) in [7, 11) is 0. The Morgan fingerprint density at radius 2 is 2.35 bits per heavy atom. The van der Waals surface area contributed by atoms with E-state index in [1.807, 2.05) is 12.3 Å². The van der Waals surface area contributed by atoms with Crippen molar-refractivity contribution in [3.63, 3.8) is 0 Å². The summed E-state index contributed by atoms with van der Waals surface area (Å²) in [5.74, 6) is 0.566. The second-order valence-electron chi connectivity index (χ2n) is 6.00. The number of rotatable bonds is 5. The van der Waals surface area contributed by atoms with E-state index in [4.69, 9.17) is 5.73 Å². The Morgan fingerprint density at radius 1 is 1.60 bits per heavy atom. The van der Waals surface area contributed by atoms with Crippen molar-refractivity contribution in [2.24, 2.45) is 17.6 Å². The molecule has 2 rings (SSSR count). The van der Waals surface area contributed by atoms with Crippen LogP contribution in [0.4, 0.5) is 0 Å². The molecule has 0 aliphatic heterocycles. The molecule has 5 heteroatoms. The molecule has 1 amide bonds. The van der Waals surface area contributed by atoms with Crippen LogP contribution in [0.3, 0.4) is 0 Å². The summed E-state index contributed by atoms with van der Waals surface area (Å²) in [4.78, 5) is 17.1. The number of aryl methyl sites for hydroxylation is 1. The molecule has 1 aromatic heterocycles. The van der Waals surface area contributed by atoms with E-state index in [2.05, 4.69) is 24.1 Å². The average molecular weight is 295 g/mol. The zero-order chi connectivity index (χ0) is 14.8. The Hall–Kier alpha value is -0.940. The maximum Gasteiger partial charge on any atom is 0.224 e. The SMILES string of the molecule is CCC(C)(NC(=O)[C@@H]1CCC[C@@H]1CN)c1nc(C)cs1. The molecule has 20 heavy (non-hydrogen) atoms. The summed E-state index contributed by atoms with van der Waals surface area (Å²) in [6.07, 6.45) is 3.99. The fraction of sp³-hybridized carbons (Fsp3) is 0.733. The molecule has 0 radical (unpaired) electrons. The molecule has 1 aliphatic rings. The number of amides is 1. The molecule has 0 spiro atoms. The number of carbonyl (C=O) groups is 1. The second kappa shape index (κ2) is 6.22. The van der Waals surface area contributed by atoms with Crippen molar-refractivity contribution in [3.05, 3.63) is 16.1 Å². The van der Waals surface area contributed by atoms with Crippen molar-refractivity contribution in [1.29, 1.82) is 0 Å². The van der Waals surface area contributed by atoms with Gasteiger partial charge in [0.15, 0.2) is 0 Å². The van der Waals surface area contributed by atoms with Crippen molar-refractivity contribution < 1.29 is 4.79 Å². The monoisotopic (exact) mass is 295 g/mol. The Bertz CT molecular complexity index is 473. The molecule has 3 atom stereocenters. The fourth-order valence-electron chi connectivity index (χ4n) is 2.93. The van der Waals surface area contributed by atoms with Crippen LogP contribution in [0, 0.1) is 18.8 Å². The Labute approximate surface area is 125 Å². The molecule has 1 fully saturated rings. The minimum Gasteiger partial charge on any atom is -0.344 e. The number of nitrogens with two attached hydrogens (primary N) is 1.